The Morgan fingerprint density at radius 3 is 2.58 bits per heavy atom. The summed E-state index contributed by atoms with van der Waals surface area (Å²) in [5.74, 6) is 1.89. The number of anilines is 3. The summed E-state index contributed by atoms with van der Waals surface area (Å²) in [6.45, 7) is 6.36. The van der Waals surface area contributed by atoms with Gasteiger partial charge >= 0.3 is 0 Å². The molecule has 9 nitrogen and oxygen atoms in total. The van der Waals surface area contributed by atoms with E-state index in [1.54, 1.807) is 12.4 Å². The third-order valence-corrected chi connectivity index (χ3v) is 8.30. The molecule has 3 aromatic heterocycles. The Kier molecular flexibility index (Phi) is 5.75. The Morgan fingerprint density at radius 1 is 1.08 bits per heavy atom. The molecule has 1 spiro atoms. The second-order valence-corrected chi connectivity index (χ2v) is 10.6. The second-order valence-electron chi connectivity index (χ2n) is 10.6. The summed E-state index contributed by atoms with van der Waals surface area (Å²) in [6.07, 6.45) is 13.0. The van der Waals surface area contributed by atoms with Crippen LogP contribution in [0.25, 0.3) is 10.9 Å². The number of fused-ring (bicyclic) bond motifs is 1. The van der Waals surface area contributed by atoms with E-state index < -0.39 is 0 Å². The zero-order chi connectivity index (χ0) is 24.9. The number of Topliss-reactive ketones (excluding diaryl/α,β-unsaturated/α-hetero) is 1. The van der Waals surface area contributed by atoms with E-state index >= 15 is 0 Å². The number of nitrogens with one attached hydrogen (secondary N) is 2. The molecule has 1 unspecified atom stereocenters. The number of carbonyl (C=O) groups is 1. The van der Waals surface area contributed by atoms with Crippen molar-refractivity contribution in [3.8, 4) is 0 Å². The van der Waals surface area contributed by atoms with E-state index in [0.717, 1.165) is 68.5 Å². The lowest BCUT2D eigenvalue weighted by Crippen LogP contribution is -2.42. The maximum Gasteiger partial charge on any atom is 0.262 e. The molecular weight excluding hydrogens is 454 g/mol. The molecule has 3 aromatic rings. The van der Waals surface area contributed by atoms with Gasteiger partial charge in [0.05, 0.1) is 23.5 Å². The SMILES string of the molecule is CC(=O)c1c(C)c2cnc(Nc3cnc(N4CCC5(CCCN5)C4)cn3)cc2n(C2CCCC2)c1=O. The smallest absolute Gasteiger partial charge is 0.262 e. The van der Waals surface area contributed by atoms with Crippen molar-refractivity contribution in [2.75, 3.05) is 29.9 Å². The van der Waals surface area contributed by atoms with Crippen molar-refractivity contribution in [3.05, 3.63) is 46.1 Å². The van der Waals surface area contributed by atoms with Gasteiger partial charge in [-0.05, 0) is 58.1 Å². The molecule has 2 N–H and O–H groups in total. The number of nitrogens with zero attached hydrogens (tertiary/aromatic N) is 5. The average molecular weight is 488 g/mol. The Morgan fingerprint density at radius 2 is 1.89 bits per heavy atom. The predicted molar refractivity (Wildman–Crippen MR) is 140 cm³/mol. The molecule has 3 fully saturated rings. The Balaban J connectivity index is 1.29. The highest BCUT2D eigenvalue weighted by molar-refractivity contribution is 6.00. The van der Waals surface area contributed by atoms with E-state index in [4.69, 9.17) is 0 Å². The van der Waals surface area contributed by atoms with Gasteiger partial charge in [-0.25, -0.2) is 15.0 Å². The lowest BCUT2D eigenvalue weighted by Gasteiger charge is -2.24. The molecule has 2 saturated heterocycles. The minimum atomic E-state index is -0.198. The third kappa shape index (κ3) is 3.95. The van der Waals surface area contributed by atoms with Gasteiger partial charge in [0.25, 0.3) is 5.56 Å². The number of aromatic nitrogens is 4. The van der Waals surface area contributed by atoms with Crippen LogP contribution in [0.2, 0.25) is 0 Å². The van der Waals surface area contributed by atoms with Crippen molar-refractivity contribution in [2.24, 2.45) is 0 Å². The Labute approximate surface area is 210 Å². The molecule has 1 saturated carbocycles. The van der Waals surface area contributed by atoms with Gasteiger partial charge in [0, 0.05) is 42.3 Å². The molecule has 0 radical (unpaired) electrons. The summed E-state index contributed by atoms with van der Waals surface area (Å²) < 4.78 is 1.83. The minimum Gasteiger partial charge on any atom is -0.353 e. The van der Waals surface area contributed by atoms with Crippen LogP contribution in [0.1, 0.15) is 73.8 Å². The van der Waals surface area contributed by atoms with Crippen LogP contribution in [0, 0.1) is 6.92 Å². The van der Waals surface area contributed by atoms with Crippen molar-refractivity contribution in [1.29, 1.82) is 0 Å². The van der Waals surface area contributed by atoms with Crippen molar-refractivity contribution in [2.45, 2.75) is 70.4 Å². The quantitative estimate of drug-likeness (QED) is 0.523. The van der Waals surface area contributed by atoms with Gasteiger partial charge in [-0.3, -0.25) is 9.59 Å². The Hall–Kier alpha value is -3.33. The fraction of sp³-hybridized carbons (Fsp3) is 0.519. The maximum atomic E-state index is 13.4. The predicted octanol–water partition coefficient (Wildman–Crippen LogP) is 3.89. The van der Waals surface area contributed by atoms with Crippen molar-refractivity contribution >= 4 is 34.1 Å². The first-order valence-electron chi connectivity index (χ1n) is 13.1. The first kappa shape index (κ1) is 23.1. The van der Waals surface area contributed by atoms with E-state index in [2.05, 4.69) is 30.5 Å². The summed E-state index contributed by atoms with van der Waals surface area (Å²) in [4.78, 5) is 41.9. The summed E-state index contributed by atoms with van der Waals surface area (Å²) in [5.41, 5.74) is 1.82. The van der Waals surface area contributed by atoms with Gasteiger partial charge in [0.1, 0.15) is 17.5 Å². The van der Waals surface area contributed by atoms with Crippen LogP contribution in [0.5, 0.6) is 0 Å². The van der Waals surface area contributed by atoms with Crippen LogP contribution in [0.3, 0.4) is 0 Å². The lowest BCUT2D eigenvalue weighted by atomic mass is 9.97. The van der Waals surface area contributed by atoms with Gasteiger partial charge in [0.15, 0.2) is 5.78 Å². The molecule has 9 heteroatoms. The molecule has 1 aliphatic carbocycles. The molecule has 188 valence electrons. The molecule has 36 heavy (non-hydrogen) atoms. The van der Waals surface area contributed by atoms with Crippen LogP contribution >= 0.6 is 0 Å². The summed E-state index contributed by atoms with van der Waals surface area (Å²) in [6, 6.07) is 2.00. The van der Waals surface area contributed by atoms with Crippen LogP contribution in [0.4, 0.5) is 17.5 Å². The maximum absolute atomic E-state index is 13.4. The molecule has 6 rings (SSSR count). The highest BCUT2D eigenvalue weighted by Gasteiger charge is 2.40. The highest BCUT2D eigenvalue weighted by Crippen LogP contribution is 2.34. The van der Waals surface area contributed by atoms with E-state index in [-0.39, 0.29) is 28.5 Å². The monoisotopic (exact) mass is 487 g/mol. The van der Waals surface area contributed by atoms with Crippen LogP contribution < -0.4 is 21.1 Å². The Bertz CT molecular complexity index is 1370. The van der Waals surface area contributed by atoms with Gasteiger partial charge in [-0.2, -0.15) is 0 Å². The van der Waals surface area contributed by atoms with E-state index in [1.165, 1.54) is 19.8 Å². The second kappa shape index (κ2) is 8.96. The molecule has 0 bridgehead atoms. The van der Waals surface area contributed by atoms with Gasteiger partial charge in [0.2, 0.25) is 0 Å². The van der Waals surface area contributed by atoms with E-state index in [0.29, 0.717) is 17.2 Å². The van der Waals surface area contributed by atoms with Crippen molar-refractivity contribution in [1.82, 2.24) is 24.8 Å². The normalized spacial score (nSPS) is 22.2. The standard InChI is InChI=1S/C27H33N7O2/c1-17-20-13-28-22(12-21(20)34(19-6-3-4-7-19)26(36)25(17)18(2)35)32-23-14-30-24(15-29-23)33-11-9-27(16-33)8-5-10-31-27/h12-15,19,31H,3-11,16H2,1-2H3,(H,28,29,32). The largest absolute Gasteiger partial charge is 0.353 e. The number of rotatable bonds is 5. The highest BCUT2D eigenvalue weighted by atomic mass is 16.1. The summed E-state index contributed by atoms with van der Waals surface area (Å²) in [7, 11) is 0. The molecule has 5 heterocycles. The zero-order valence-corrected chi connectivity index (χ0v) is 21.0. The van der Waals surface area contributed by atoms with E-state index in [9.17, 15) is 9.59 Å². The van der Waals surface area contributed by atoms with Crippen LogP contribution in [-0.4, -0.2) is 50.5 Å². The first-order chi connectivity index (χ1) is 17.4. The van der Waals surface area contributed by atoms with Gasteiger partial charge in [-0.15, -0.1) is 0 Å². The summed E-state index contributed by atoms with van der Waals surface area (Å²) >= 11 is 0. The average Bonchev–Trinajstić information content (AvgIpc) is 3.63. The first-order valence-corrected chi connectivity index (χ1v) is 13.1. The number of aryl methyl sites for hydroxylation is 1. The molecule has 2 aliphatic heterocycles. The molecule has 1 atom stereocenters. The van der Waals surface area contributed by atoms with Gasteiger partial charge < -0.3 is 20.1 Å². The molecular formula is C27H33N7O2. The fourth-order valence-electron chi connectivity index (χ4n) is 6.43. The molecule has 3 aliphatic rings. The van der Waals surface area contributed by atoms with E-state index in [1.807, 2.05) is 23.8 Å². The van der Waals surface area contributed by atoms with Crippen LogP contribution in [-0.2, 0) is 0 Å². The zero-order valence-electron chi connectivity index (χ0n) is 21.0. The minimum absolute atomic E-state index is 0.103. The topological polar surface area (TPSA) is 105 Å². The molecule has 0 aromatic carbocycles. The number of hydrogen-bond acceptors (Lipinski definition) is 8. The number of ketones is 1. The number of carbonyl (C=O) groups excluding carboxylic acids is 1. The fourth-order valence-corrected chi connectivity index (χ4v) is 6.43. The lowest BCUT2D eigenvalue weighted by molar-refractivity contribution is 0.101. The van der Waals surface area contributed by atoms with Crippen LogP contribution in [0.15, 0.2) is 29.5 Å². The molecule has 0 amide bonds. The number of pyridine rings is 2. The summed E-state index contributed by atoms with van der Waals surface area (Å²) in [5, 5.41) is 7.77. The number of hydrogen-bond donors (Lipinski definition) is 2. The third-order valence-electron chi connectivity index (χ3n) is 8.30. The van der Waals surface area contributed by atoms with Gasteiger partial charge in [-0.1, -0.05) is 12.8 Å². The van der Waals surface area contributed by atoms with Crippen molar-refractivity contribution in [3.63, 3.8) is 0 Å². The van der Waals surface area contributed by atoms with Crippen molar-refractivity contribution < 1.29 is 4.79 Å².